The van der Waals surface area contributed by atoms with E-state index in [4.69, 9.17) is 5.73 Å². The Balaban J connectivity index is 2.90. The molecule has 3 heteroatoms. The Morgan fingerprint density at radius 2 is 2.00 bits per heavy atom. The Morgan fingerprint density at radius 1 is 1.32 bits per heavy atom. The lowest BCUT2D eigenvalue weighted by Crippen LogP contribution is -2.31. The summed E-state index contributed by atoms with van der Waals surface area (Å²) in [5.41, 5.74) is 8.26. The zero-order valence-corrected chi connectivity index (χ0v) is 12.6. The maximum Gasteiger partial charge on any atom is 0.161 e. The average molecular weight is 262 g/mol. The molecule has 0 radical (unpaired) electrons. The van der Waals surface area contributed by atoms with Crippen LogP contribution in [-0.4, -0.2) is 18.4 Å². The summed E-state index contributed by atoms with van der Waals surface area (Å²) in [4.78, 5) is 13.7. The third-order valence-corrected chi connectivity index (χ3v) is 3.37. The van der Waals surface area contributed by atoms with Crippen molar-refractivity contribution in [3.8, 4) is 0 Å². The number of nitrogens with two attached hydrogens (primary N) is 1. The minimum Gasteiger partial charge on any atom is -0.398 e. The summed E-state index contributed by atoms with van der Waals surface area (Å²) in [5.74, 6) is 0.0196. The van der Waals surface area contributed by atoms with E-state index in [1.807, 2.05) is 18.2 Å². The molecule has 0 amide bonds. The van der Waals surface area contributed by atoms with E-state index in [9.17, 15) is 4.79 Å². The van der Waals surface area contributed by atoms with Crippen LogP contribution in [0, 0.1) is 0 Å². The van der Waals surface area contributed by atoms with Gasteiger partial charge in [0.1, 0.15) is 0 Å². The van der Waals surface area contributed by atoms with Crippen molar-refractivity contribution >= 4 is 17.2 Å². The number of carbonyl (C=O) groups is 1. The number of benzene rings is 1. The number of nitrogens with zero attached hydrogens (tertiary/aromatic N) is 1. The Morgan fingerprint density at radius 3 is 2.47 bits per heavy atom. The normalized spacial score (nSPS) is 10.8. The topological polar surface area (TPSA) is 46.3 Å². The van der Waals surface area contributed by atoms with Crippen LogP contribution < -0.4 is 10.6 Å². The third-order valence-electron chi connectivity index (χ3n) is 3.37. The number of rotatable bonds is 7. The molecule has 0 saturated heterocycles. The molecule has 106 valence electrons. The van der Waals surface area contributed by atoms with E-state index >= 15 is 0 Å². The van der Waals surface area contributed by atoms with Gasteiger partial charge in [-0.25, -0.2) is 0 Å². The number of unbranched alkanes of at least 4 members (excludes halogenated alkanes) is 2. The van der Waals surface area contributed by atoms with E-state index < -0.39 is 0 Å². The van der Waals surface area contributed by atoms with Crippen LogP contribution in [0.15, 0.2) is 18.2 Å². The SMILES string of the molecule is CCCCCN(c1ccc(C(C)=O)c(N)c1)C(C)C. The van der Waals surface area contributed by atoms with Crippen molar-refractivity contribution in [2.75, 3.05) is 17.2 Å². The third kappa shape index (κ3) is 4.27. The fraction of sp³-hybridized carbons (Fsp3) is 0.562. The highest BCUT2D eigenvalue weighted by Gasteiger charge is 2.12. The number of Topliss-reactive ketones (excluding diaryl/α,β-unsaturated/α-hetero) is 1. The van der Waals surface area contributed by atoms with Gasteiger partial charge in [0.05, 0.1) is 0 Å². The van der Waals surface area contributed by atoms with Crippen molar-refractivity contribution in [1.82, 2.24) is 0 Å². The minimum atomic E-state index is 0.0196. The Kier molecular flexibility index (Phi) is 5.87. The molecular formula is C16H26N2O. The number of carbonyl (C=O) groups excluding carboxylic acids is 1. The number of nitrogen functional groups attached to an aromatic ring is 1. The molecule has 0 spiro atoms. The number of hydrogen-bond acceptors (Lipinski definition) is 3. The molecule has 0 unspecified atom stereocenters. The molecule has 0 aliphatic carbocycles. The fourth-order valence-electron chi connectivity index (χ4n) is 2.27. The predicted octanol–water partition coefficient (Wildman–Crippen LogP) is 3.88. The standard InChI is InChI=1S/C16H26N2O/c1-5-6-7-10-18(12(2)3)14-8-9-15(13(4)19)16(17)11-14/h8-9,11-12H,5-7,10,17H2,1-4H3. The lowest BCUT2D eigenvalue weighted by atomic mass is 10.1. The first-order valence-corrected chi connectivity index (χ1v) is 7.14. The average Bonchev–Trinajstić information content (AvgIpc) is 2.33. The van der Waals surface area contributed by atoms with Gasteiger partial charge in [0.2, 0.25) is 0 Å². The Bertz CT molecular complexity index is 427. The van der Waals surface area contributed by atoms with Crippen LogP contribution in [0.25, 0.3) is 0 Å². The van der Waals surface area contributed by atoms with E-state index in [-0.39, 0.29) is 5.78 Å². The van der Waals surface area contributed by atoms with Crippen LogP contribution >= 0.6 is 0 Å². The van der Waals surface area contributed by atoms with Gasteiger partial charge in [-0.3, -0.25) is 4.79 Å². The largest absolute Gasteiger partial charge is 0.398 e. The number of anilines is 2. The van der Waals surface area contributed by atoms with Gasteiger partial charge in [-0.2, -0.15) is 0 Å². The van der Waals surface area contributed by atoms with Gasteiger partial charge in [-0.1, -0.05) is 19.8 Å². The fourth-order valence-corrected chi connectivity index (χ4v) is 2.27. The summed E-state index contributed by atoms with van der Waals surface area (Å²) in [6, 6.07) is 6.18. The van der Waals surface area contributed by atoms with Gasteiger partial charge in [-0.15, -0.1) is 0 Å². The van der Waals surface area contributed by atoms with Gasteiger partial charge in [0.25, 0.3) is 0 Å². The second-order valence-electron chi connectivity index (χ2n) is 5.32. The highest BCUT2D eigenvalue weighted by Crippen LogP contribution is 2.24. The lowest BCUT2D eigenvalue weighted by molar-refractivity contribution is 0.101. The van der Waals surface area contributed by atoms with Gasteiger partial charge in [0, 0.05) is 29.5 Å². The first-order chi connectivity index (χ1) is 8.97. The van der Waals surface area contributed by atoms with Crippen molar-refractivity contribution in [3.63, 3.8) is 0 Å². The summed E-state index contributed by atoms with van der Waals surface area (Å²) >= 11 is 0. The van der Waals surface area contributed by atoms with Gasteiger partial charge in [0.15, 0.2) is 5.78 Å². The molecule has 0 aromatic heterocycles. The highest BCUT2D eigenvalue weighted by atomic mass is 16.1. The quantitative estimate of drug-likeness (QED) is 0.461. The maximum atomic E-state index is 11.4. The highest BCUT2D eigenvalue weighted by molar-refractivity contribution is 5.99. The van der Waals surface area contributed by atoms with Gasteiger partial charge < -0.3 is 10.6 Å². The lowest BCUT2D eigenvalue weighted by Gasteiger charge is -2.29. The zero-order valence-electron chi connectivity index (χ0n) is 12.6. The first-order valence-electron chi connectivity index (χ1n) is 7.14. The van der Waals surface area contributed by atoms with Crippen molar-refractivity contribution in [3.05, 3.63) is 23.8 Å². The molecule has 19 heavy (non-hydrogen) atoms. The maximum absolute atomic E-state index is 11.4. The molecule has 2 N–H and O–H groups in total. The van der Waals surface area contributed by atoms with E-state index in [1.54, 1.807) is 6.92 Å². The van der Waals surface area contributed by atoms with Crippen LogP contribution in [0.4, 0.5) is 11.4 Å². The first kappa shape index (κ1) is 15.5. The number of hydrogen-bond donors (Lipinski definition) is 1. The number of ketones is 1. The van der Waals surface area contributed by atoms with Crippen LogP contribution in [-0.2, 0) is 0 Å². The molecule has 0 saturated carbocycles. The molecule has 0 bridgehead atoms. The van der Waals surface area contributed by atoms with Crippen LogP contribution in [0.5, 0.6) is 0 Å². The minimum absolute atomic E-state index is 0.0196. The van der Waals surface area contributed by atoms with E-state index in [1.165, 1.54) is 19.3 Å². The zero-order chi connectivity index (χ0) is 14.4. The Hall–Kier alpha value is -1.51. The van der Waals surface area contributed by atoms with Crippen molar-refractivity contribution in [1.29, 1.82) is 0 Å². The van der Waals surface area contributed by atoms with Gasteiger partial charge in [-0.05, 0) is 45.4 Å². The summed E-state index contributed by atoms with van der Waals surface area (Å²) < 4.78 is 0. The second-order valence-corrected chi connectivity index (χ2v) is 5.32. The molecule has 1 rings (SSSR count). The van der Waals surface area contributed by atoms with E-state index in [0.29, 0.717) is 17.3 Å². The summed E-state index contributed by atoms with van der Waals surface area (Å²) in [6.45, 7) is 9.15. The molecule has 0 atom stereocenters. The van der Waals surface area contributed by atoms with E-state index in [0.717, 1.165) is 12.2 Å². The van der Waals surface area contributed by atoms with Crippen LogP contribution in [0.3, 0.4) is 0 Å². The Labute approximate surface area is 116 Å². The summed E-state index contributed by atoms with van der Waals surface area (Å²) in [6.07, 6.45) is 3.64. The van der Waals surface area contributed by atoms with E-state index in [2.05, 4.69) is 25.7 Å². The molecular weight excluding hydrogens is 236 g/mol. The summed E-state index contributed by atoms with van der Waals surface area (Å²) in [7, 11) is 0. The molecule has 0 fully saturated rings. The summed E-state index contributed by atoms with van der Waals surface area (Å²) in [5, 5.41) is 0. The molecule has 1 aromatic rings. The molecule has 0 aliphatic rings. The van der Waals surface area contributed by atoms with Crippen molar-refractivity contribution in [2.45, 2.75) is 53.0 Å². The molecule has 0 aliphatic heterocycles. The predicted molar refractivity (Wildman–Crippen MR) is 82.9 cm³/mol. The van der Waals surface area contributed by atoms with Crippen LogP contribution in [0.1, 0.15) is 57.3 Å². The molecule has 0 heterocycles. The monoisotopic (exact) mass is 262 g/mol. The second kappa shape index (κ2) is 7.17. The molecule has 1 aromatic carbocycles. The molecule has 3 nitrogen and oxygen atoms in total. The van der Waals surface area contributed by atoms with Crippen LogP contribution in [0.2, 0.25) is 0 Å². The van der Waals surface area contributed by atoms with Gasteiger partial charge >= 0.3 is 0 Å². The van der Waals surface area contributed by atoms with Crippen molar-refractivity contribution in [2.24, 2.45) is 0 Å². The smallest absolute Gasteiger partial charge is 0.161 e. The van der Waals surface area contributed by atoms with Crippen molar-refractivity contribution < 1.29 is 4.79 Å².